The first kappa shape index (κ1) is 23.6. The maximum Gasteiger partial charge on any atom is 0.0721 e. The first-order valence-corrected chi connectivity index (χ1v) is 11.9. The third-order valence-electron chi connectivity index (χ3n) is 6.65. The number of aliphatic hydroxyl groups is 2. The van der Waals surface area contributed by atoms with Gasteiger partial charge in [0.2, 0.25) is 0 Å². The van der Waals surface area contributed by atoms with Gasteiger partial charge in [-0.05, 0) is 88.6 Å². The minimum absolute atomic E-state index is 0.223. The Bertz CT molecular complexity index is 485. The molecule has 3 heteroatoms. The predicted molar refractivity (Wildman–Crippen MR) is 119 cm³/mol. The van der Waals surface area contributed by atoms with E-state index in [1.54, 1.807) is 5.57 Å². The first-order valence-electron chi connectivity index (χ1n) is 11.9. The van der Waals surface area contributed by atoms with Crippen LogP contribution in [0.4, 0.5) is 0 Å². The molecule has 28 heavy (non-hydrogen) atoms. The smallest absolute Gasteiger partial charge is 0.0721 e. The third kappa shape index (κ3) is 8.00. The molecule has 0 amide bonds. The third-order valence-corrected chi connectivity index (χ3v) is 6.65. The van der Waals surface area contributed by atoms with E-state index in [0.29, 0.717) is 17.8 Å². The maximum atomic E-state index is 10.5. The van der Waals surface area contributed by atoms with Crippen molar-refractivity contribution in [2.45, 2.75) is 97.2 Å². The second kappa shape index (κ2) is 12.8. The van der Waals surface area contributed by atoms with Gasteiger partial charge in [0.05, 0.1) is 12.2 Å². The summed E-state index contributed by atoms with van der Waals surface area (Å²) in [6, 6.07) is 0. The molecule has 3 nitrogen and oxygen atoms in total. The van der Waals surface area contributed by atoms with E-state index >= 15 is 0 Å². The standard InChI is InChI=1S/C25H45NO2/c1-4-5-14-26-15-8-6-7-9-20-16-21-18-25(28)23(24(21)17-20)13-12-22(27)11-10-19(2)3/h9,12-13,19,21-28H,4-8,10-11,14-18H2,1-3H3/b13-12+,20-9+/t21-,22-,23+,24-,25+/m0/s1. The van der Waals surface area contributed by atoms with Crippen LogP contribution in [0.15, 0.2) is 23.8 Å². The van der Waals surface area contributed by atoms with E-state index in [4.69, 9.17) is 0 Å². The van der Waals surface area contributed by atoms with Gasteiger partial charge in [-0.1, -0.05) is 51.0 Å². The molecule has 162 valence electrons. The van der Waals surface area contributed by atoms with Crippen LogP contribution in [0.3, 0.4) is 0 Å². The van der Waals surface area contributed by atoms with Crippen LogP contribution >= 0.6 is 0 Å². The van der Waals surface area contributed by atoms with Crippen molar-refractivity contribution < 1.29 is 10.2 Å². The Labute approximate surface area is 173 Å². The zero-order valence-corrected chi connectivity index (χ0v) is 18.6. The molecule has 0 aromatic carbocycles. The van der Waals surface area contributed by atoms with E-state index in [1.807, 2.05) is 6.08 Å². The minimum Gasteiger partial charge on any atom is -0.392 e. The highest BCUT2D eigenvalue weighted by Crippen LogP contribution is 2.50. The summed E-state index contributed by atoms with van der Waals surface area (Å²) in [5, 5.41) is 24.2. The fraction of sp³-hybridized carbons (Fsp3) is 0.840. The highest BCUT2D eigenvalue weighted by atomic mass is 16.3. The molecule has 0 aromatic heterocycles. The van der Waals surface area contributed by atoms with Crippen molar-refractivity contribution >= 4 is 0 Å². The van der Waals surface area contributed by atoms with Gasteiger partial charge in [-0.25, -0.2) is 0 Å². The van der Waals surface area contributed by atoms with Gasteiger partial charge in [0.25, 0.3) is 0 Å². The Morgan fingerprint density at radius 3 is 2.64 bits per heavy atom. The van der Waals surface area contributed by atoms with E-state index in [9.17, 15) is 10.2 Å². The van der Waals surface area contributed by atoms with Gasteiger partial charge in [0.1, 0.15) is 0 Å². The molecule has 0 spiro atoms. The molecule has 0 radical (unpaired) electrons. The Hall–Kier alpha value is -0.640. The largest absolute Gasteiger partial charge is 0.392 e. The number of fused-ring (bicyclic) bond motifs is 1. The lowest BCUT2D eigenvalue weighted by Crippen LogP contribution is -2.17. The number of nitrogens with one attached hydrogen (secondary N) is 1. The summed E-state index contributed by atoms with van der Waals surface area (Å²) < 4.78 is 0. The highest BCUT2D eigenvalue weighted by Gasteiger charge is 2.44. The number of allylic oxidation sites excluding steroid dienone is 2. The lowest BCUT2D eigenvalue weighted by atomic mass is 9.90. The van der Waals surface area contributed by atoms with Crippen molar-refractivity contribution in [2.75, 3.05) is 13.1 Å². The number of hydrogen-bond acceptors (Lipinski definition) is 3. The normalized spacial score (nSPS) is 30.0. The molecule has 5 atom stereocenters. The van der Waals surface area contributed by atoms with Crippen LogP contribution in [-0.2, 0) is 0 Å². The summed E-state index contributed by atoms with van der Waals surface area (Å²) in [6.45, 7) is 8.92. The summed E-state index contributed by atoms with van der Waals surface area (Å²) in [4.78, 5) is 0. The zero-order chi connectivity index (χ0) is 20.4. The van der Waals surface area contributed by atoms with Gasteiger partial charge < -0.3 is 15.5 Å². The zero-order valence-electron chi connectivity index (χ0n) is 18.6. The lowest BCUT2D eigenvalue weighted by molar-refractivity contribution is 0.139. The molecular formula is C25H45NO2. The van der Waals surface area contributed by atoms with Gasteiger partial charge in [0, 0.05) is 5.92 Å². The predicted octanol–water partition coefficient (Wildman–Crippen LogP) is 5.23. The second-order valence-corrected chi connectivity index (χ2v) is 9.60. The maximum absolute atomic E-state index is 10.5. The molecule has 2 fully saturated rings. The average molecular weight is 392 g/mol. The number of unbranched alkanes of at least 4 members (excludes halogenated alkanes) is 3. The Morgan fingerprint density at radius 2 is 1.89 bits per heavy atom. The first-order chi connectivity index (χ1) is 13.5. The van der Waals surface area contributed by atoms with Crippen LogP contribution < -0.4 is 5.32 Å². The van der Waals surface area contributed by atoms with E-state index in [-0.39, 0.29) is 18.1 Å². The summed E-state index contributed by atoms with van der Waals surface area (Å²) in [6.07, 6.45) is 17.4. The van der Waals surface area contributed by atoms with Crippen molar-refractivity contribution in [1.82, 2.24) is 5.32 Å². The fourth-order valence-electron chi connectivity index (χ4n) is 4.92. The molecule has 0 heterocycles. The summed E-state index contributed by atoms with van der Waals surface area (Å²) in [7, 11) is 0. The summed E-state index contributed by atoms with van der Waals surface area (Å²) in [5.41, 5.74) is 1.61. The van der Waals surface area contributed by atoms with Gasteiger partial charge in [0.15, 0.2) is 0 Å². The molecule has 0 aliphatic heterocycles. The van der Waals surface area contributed by atoms with Crippen molar-refractivity contribution in [3.8, 4) is 0 Å². The van der Waals surface area contributed by atoms with Crippen LogP contribution in [0.25, 0.3) is 0 Å². The fourth-order valence-corrected chi connectivity index (χ4v) is 4.92. The SMILES string of the molecule is CCCCNCCCC/C=C1\C[C@H]2C[C@@H](O)[C@H](/C=C/[C@@H](O)CCC(C)C)[C@H]2C1. The monoisotopic (exact) mass is 391 g/mol. The molecule has 0 unspecified atom stereocenters. The molecule has 0 bridgehead atoms. The Kier molecular flexibility index (Phi) is 10.8. The van der Waals surface area contributed by atoms with Crippen molar-refractivity contribution in [3.63, 3.8) is 0 Å². The molecular weight excluding hydrogens is 346 g/mol. The molecule has 0 aromatic rings. The second-order valence-electron chi connectivity index (χ2n) is 9.60. The molecule has 2 aliphatic rings. The van der Waals surface area contributed by atoms with Gasteiger partial charge in [-0.3, -0.25) is 0 Å². The number of rotatable bonds is 13. The topological polar surface area (TPSA) is 52.5 Å². The summed E-state index contributed by atoms with van der Waals surface area (Å²) >= 11 is 0. The average Bonchev–Trinajstić information content (AvgIpc) is 3.17. The summed E-state index contributed by atoms with van der Waals surface area (Å²) in [5.74, 6) is 2.07. The van der Waals surface area contributed by atoms with Crippen molar-refractivity contribution in [1.29, 1.82) is 0 Å². The number of aliphatic hydroxyl groups excluding tert-OH is 2. The molecule has 2 saturated carbocycles. The molecule has 2 rings (SSSR count). The minimum atomic E-state index is -0.365. The van der Waals surface area contributed by atoms with Gasteiger partial charge in [-0.2, -0.15) is 0 Å². The van der Waals surface area contributed by atoms with Crippen LogP contribution in [-0.4, -0.2) is 35.5 Å². The number of hydrogen-bond donors (Lipinski definition) is 3. The van der Waals surface area contributed by atoms with Crippen LogP contribution in [0.5, 0.6) is 0 Å². The van der Waals surface area contributed by atoms with Crippen molar-refractivity contribution in [2.24, 2.45) is 23.7 Å². The molecule has 2 aliphatic carbocycles. The van der Waals surface area contributed by atoms with E-state index < -0.39 is 0 Å². The van der Waals surface area contributed by atoms with E-state index in [1.165, 1.54) is 38.5 Å². The quantitative estimate of drug-likeness (QED) is 0.297. The van der Waals surface area contributed by atoms with E-state index in [2.05, 4.69) is 38.2 Å². The van der Waals surface area contributed by atoms with Crippen molar-refractivity contribution in [3.05, 3.63) is 23.8 Å². The highest BCUT2D eigenvalue weighted by molar-refractivity contribution is 5.17. The van der Waals surface area contributed by atoms with Crippen LogP contribution in [0.2, 0.25) is 0 Å². The van der Waals surface area contributed by atoms with Crippen LogP contribution in [0, 0.1) is 23.7 Å². The van der Waals surface area contributed by atoms with E-state index in [0.717, 1.165) is 38.8 Å². The van der Waals surface area contributed by atoms with Crippen LogP contribution in [0.1, 0.15) is 85.0 Å². The molecule has 3 N–H and O–H groups in total. The Morgan fingerprint density at radius 1 is 1.11 bits per heavy atom. The lowest BCUT2D eigenvalue weighted by Gasteiger charge is -2.18. The van der Waals surface area contributed by atoms with Gasteiger partial charge in [-0.15, -0.1) is 0 Å². The van der Waals surface area contributed by atoms with Gasteiger partial charge >= 0.3 is 0 Å². The Balaban J connectivity index is 1.71. The molecule has 0 saturated heterocycles.